The minimum absolute atomic E-state index is 0.433. The fraction of sp³-hybridized carbons (Fsp3) is 0.435. The van der Waals surface area contributed by atoms with Gasteiger partial charge in [-0.15, -0.1) is 0 Å². The summed E-state index contributed by atoms with van der Waals surface area (Å²) in [5.41, 5.74) is 4.57. The first-order valence-electron chi connectivity index (χ1n) is 9.38. The van der Waals surface area contributed by atoms with Crippen LogP contribution in [0.3, 0.4) is 0 Å². The monoisotopic (exact) mass is 335 g/mol. The molecule has 2 aromatic carbocycles. The summed E-state index contributed by atoms with van der Waals surface area (Å²) in [6.45, 7) is 7.09. The first kappa shape index (κ1) is 17.7. The predicted octanol–water partition coefficient (Wildman–Crippen LogP) is 6.18. The van der Waals surface area contributed by atoms with Crippen LogP contribution in [-0.4, -0.2) is 12.3 Å². The van der Waals surface area contributed by atoms with E-state index in [1.807, 2.05) is 24.3 Å². The number of carbonyl (C=O) groups is 1. The zero-order chi connectivity index (χ0) is 17.9. The molecule has 1 N–H and O–H groups in total. The van der Waals surface area contributed by atoms with E-state index in [-0.39, 0.29) is 0 Å². The Hall–Kier alpha value is -2.09. The van der Waals surface area contributed by atoms with E-state index in [1.54, 1.807) is 0 Å². The largest absolute Gasteiger partial charge is 0.382 e. The Morgan fingerprint density at radius 2 is 1.60 bits per heavy atom. The molecule has 25 heavy (non-hydrogen) atoms. The van der Waals surface area contributed by atoms with Crippen LogP contribution in [0.4, 0.5) is 5.69 Å². The number of rotatable bonds is 4. The van der Waals surface area contributed by atoms with Gasteiger partial charge in [0.15, 0.2) is 0 Å². The van der Waals surface area contributed by atoms with Gasteiger partial charge < -0.3 is 5.32 Å². The minimum Gasteiger partial charge on any atom is -0.382 e. The molecule has 2 heteroatoms. The summed E-state index contributed by atoms with van der Waals surface area (Å²) >= 11 is 0. The molecular weight excluding hydrogens is 306 g/mol. The highest BCUT2D eigenvalue weighted by Gasteiger charge is 2.29. The van der Waals surface area contributed by atoms with Gasteiger partial charge in [0.2, 0.25) is 0 Å². The quantitative estimate of drug-likeness (QED) is 0.676. The van der Waals surface area contributed by atoms with Gasteiger partial charge in [0.25, 0.3) is 0 Å². The normalized spacial score (nSPS) is 20.9. The Morgan fingerprint density at radius 1 is 0.920 bits per heavy atom. The molecule has 0 atom stereocenters. The van der Waals surface area contributed by atoms with Crippen molar-refractivity contribution >= 4 is 12.0 Å². The molecule has 1 fully saturated rings. The Morgan fingerprint density at radius 3 is 2.20 bits per heavy atom. The fourth-order valence-electron chi connectivity index (χ4n) is 3.89. The smallest absolute Gasteiger partial charge is 0.150 e. The van der Waals surface area contributed by atoms with Gasteiger partial charge in [0, 0.05) is 17.3 Å². The van der Waals surface area contributed by atoms with Crippen LogP contribution in [0.2, 0.25) is 0 Å². The summed E-state index contributed by atoms with van der Waals surface area (Å²) in [4.78, 5) is 10.9. The van der Waals surface area contributed by atoms with E-state index in [2.05, 4.69) is 50.4 Å². The van der Waals surface area contributed by atoms with Crippen molar-refractivity contribution < 1.29 is 4.79 Å². The average molecular weight is 335 g/mol. The fourth-order valence-corrected chi connectivity index (χ4v) is 3.89. The van der Waals surface area contributed by atoms with E-state index in [0.717, 1.165) is 28.9 Å². The Labute approximate surface area is 151 Å². The minimum atomic E-state index is 0.433. The number of anilines is 1. The van der Waals surface area contributed by atoms with Crippen molar-refractivity contribution in [2.45, 2.75) is 52.5 Å². The molecule has 0 amide bonds. The summed E-state index contributed by atoms with van der Waals surface area (Å²) in [5, 5.41) is 3.70. The molecule has 0 radical (unpaired) electrons. The Balaban J connectivity index is 1.61. The van der Waals surface area contributed by atoms with E-state index in [4.69, 9.17) is 0 Å². The molecule has 1 aliphatic carbocycles. The van der Waals surface area contributed by atoms with E-state index in [9.17, 15) is 4.79 Å². The highest BCUT2D eigenvalue weighted by molar-refractivity contribution is 5.79. The standard InChI is InChI=1S/C23H29NO/c1-23(2,3)20-9-13-22(14-10-20)24-21-11-7-18(8-12-21)19-6-4-5-17(15-19)16-25/h4-8,11-12,15-16,20,22,24H,9-10,13-14H2,1-3H3. The van der Waals surface area contributed by atoms with Gasteiger partial charge >= 0.3 is 0 Å². The zero-order valence-corrected chi connectivity index (χ0v) is 15.6. The maximum atomic E-state index is 10.9. The third-order valence-corrected chi connectivity index (χ3v) is 5.56. The molecular formula is C23H29NO. The molecule has 3 rings (SSSR count). The van der Waals surface area contributed by atoms with Crippen molar-refractivity contribution in [2.24, 2.45) is 11.3 Å². The second-order valence-electron chi connectivity index (χ2n) is 8.38. The predicted molar refractivity (Wildman–Crippen MR) is 106 cm³/mol. The molecule has 0 saturated heterocycles. The van der Waals surface area contributed by atoms with Crippen LogP contribution in [0.15, 0.2) is 48.5 Å². The lowest BCUT2D eigenvalue weighted by Crippen LogP contribution is -2.31. The maximum absolute atomic E-state index is 10.9. The van der Waals surface area contributed by atoms with E-state index >= 15 is 0 Å². The second kappa shape index (κ2) is 7.43. The van der Waals surface area contributed by atoms with Gasteiger partial charge in [0.1, 0.15) is 6.29 Å². The molecule has 1 aliphatic rings. The van der Waals surface area contributed by atoms with Crippen LogP contribution in [0.5, 0.6) is 0 Å². The summed E-state index contributed by atoms with van der Waals surface area (Å²) in [6.07, 6.45) is 6.04. The number of hydrogen-bond acceptors (Lipinski definition) is 2. The van der Waals surface area contributed by atoms with Crippen LogP contribution in [0, 0.1) is 11.3 Å². The van der Waals surface area contributed by atoms with Crippen molar-refractivity contribution in [2.75, 3.05) is 5.32 Å². The lowest BCUT2D eigenvalue weighted by Gasteiger charge is -2.37. The summed E-state index contributed by atoms with van der Waals surface area (Å²) < 4.78 is 0. The number of hydrogen-bond donors (Lipinski definition) is 1. The number of carbonyl (C=O) groups excluding carboxylic acids is 1. The number of aldehydes is 1. The second-order valence-corrected chi connectivity index (χ2v) is 8.38. The third-order valence-electron chi connectivity index (χ3n) is 5.56. The van der Waals surface area contributed by atoms with Crippen molar-refractivity contribution in [3.8, 4) is 11.1 Å². The third kappa shape index (κ3) is 4.50. The van der Waals surface area contributed by atoms with Crippen molar-refractivity contribution in [1.82, 2.24) is 0 Å². The van der Waals surface area contributed by atoms with Crippen LogP contribution >= 0.6 is 0 Å². The Kier molecular flexibility index (Phi) is 5.27. The van der Waals surface area contributed by atoms with Gasteiger partial charge in [0.05, 0.1) is 0 Å². The maximum Gasteiger partial charge on any atom is 0.150 e. The molecule has 0 spiro atoms. The SMILES string of the molecule is CC(C)(C)C1CCC(Nc2ccc(-c3cccc(C=O)c3)cc2)CC1. The Bertz CT molecular complexity index is 704. The highest BCUT2D eigenvalue weighted by atomic mass is 16.1. The van der Waals surface area contributed by atoms with Crippen molar-refractivity contribution in [3.63, 3.8) is 0 Å². The van der Waals surface area contributed by atoms with Crippen LogP contribution in [0.25, 0.3) is 11.1 Å². The van der Waals surface area contributed by atoms with Gasteiger partial charge in [-0.1, -0.05) is 51.1 Å². The van der Waals surface area contributed by atoms with Crippen molar-refractivity contribution in [1.29, 1.82) is 0 Å². The number of benzene rings is 2. The molecule has 0 bridgehead atoms. The first-order chi connectivity index (χ1) is 12.0. The lowest BCUT2D eigenvalue weighted by molar-refractivity contribution is 0.112. The van der Waals surface area contributed by atoms with Crippen molar-refractivity contribution in [3.05, 3.63) is 54.1 Å². The van der Waals surface area contributed by atoms with E-state index in [0.29, 0.717) is 11.5 Å². The lowest BCUT2D eigenvalue weighted by atomic mass is 9.71. The summed E-state index contributed by atoms with van der Waals surface area (Å²) in [5.74, 6) is 0.845. The molecule has 0 aromatic heterocycles. The van der Waals surface area contributed by atoms with Crippen LogP contribution in [0.1, 0.15) is 56.8 Å². The zero-order valence-electron chi connectivity index (χ0n) is 15.6. The van der Waals surface area contributed by atoms with E-state index < -0.39 is 0 Å². The van der Waals surface area contributed by atoms with Gasteiger partial charge in [-0.2, -0.15) is 0 Å². The van der Waals surface area contributed by atoms with Gasteiger partial charge in [-0.05, 0) is 66.3 Å². The number of nitrogens with one attached hydrogen (secondary N) is 1. The summed E-state index contributed by atoms with van der Waals surface area (Å²) in [7, 11) is 0. The summed E-state index contributed by atoms with van der Waals surface area (Å²) in [6, 6.07) is 16.9. The highest BCUT2D eigenvalue weighted by Crippen LogP contribution is 2.38. The molecule has 0 aliphatic heterocycles. The first-order valence-corrected chi connectivity index (χ1v) is 9.38. The molecule has 0 heterocycles. The van der Waals surface area contributed by atoms with Crippen LogP contribution in [-0.2, 0) is 0 Å². The van der Waals surface area contributed by atoms with E-state index in [1.165, 1.54) is 31.4 Å². The molecule has 1 saturated carbocycles. The molecule has 132 valence electrons. The van der Waals surface area contributed by atoms with Gasteiger partial charge in [-0.25, -0.2) is 0 Å². The van der Waals surface area contributed by atoms with Crippen LogP contribution < -0.4 is 5.32 Å². The average Bonchev–Trinajstić information content (AvgIpc) is 2.62. The topological polar surface area (TPSA) is 29.1 Å². The molecule has 0 unspecified atom stereocenters. The van der Waals surface area contributed by atoms with Gasteiger partial charge in [-0.3, -0.25) is 4.79 Å². The molecule has 2 aromatic rings. The molecule has 2 nitrogen and oxygen atoms in total.